The molecule has 0 atom stereocenters. The van der Waals surface area contributed by atoms with Gasteiger partial charge in [-0.15, -0.1) is 0 Å². The Hall–Kier alpha value is -2.26. The van der Waals surface area contributed by atoms with E-state index in [9.17, 15) is 13.2 Å². The standard InChI is InChI=1S/C17H17BrN2O5S/c1-26(22,23)20(14-4-2-3-13(18)8-14)10-17(21)19-9-12-5-6-15-16(7-12)25-11-24-15/h2-8H,9-11H2,1H3,(H,19,21). The fourth-order valence-corrected chi connectivity index (χ4v) is 3.70. The molecule has 2 aromatic rings. The largest absolute Gasteiger partial charge is 0.454 e. The minimum absolute atomic E-state index is 0.182. The third-order valence-electron chi connectivity index (χ3n) is 3.71. The summed E-state index contributed by atoms with van der Waals surface area (Å²) < 4.78 is 36.5. The SMILES string of the molecule is CS(=O)(=O)N(CC(=O)NCc1ccc2c(c1)OCO2)c1cccc(Br)c1. The number of amides is 1. The van der Waals surface area contributed by atoms with Crippen LogP contribution in [0.5, 0.6) is 11.5 Å². The molecule has 1 heterocycles. The number of halogens is 1. The number of nitrogens with one attached hydrogen (secondary N) is 1. The number of carbonyl (C=O) groups excluding carboxylic acids is 1. The lowest BCUT2D eigenvalue weighted by molar-refractivity contribution is -0.119. The highest BCUT2D eigenvalue weighted by atomic mass is 79.9. The fourth-order valence-electron chi connectivity index (χ4n) is 2.47. The van der Waals surface area contributed by atoms with Crippen LogP contribution in [-0.2, 0) is 21.4 Å². The van der Waals surface area contributed by atoms with Gasteiger partial charge < -0.3 is 14.8 Å². The minimum atomic E-state index is -3.61. The Balaban J connectivity index is 1.67. The monoisotopic (exact) mass is 440 g/mol. The lowest BCUT2D eigenvalue weighted by Gasteiger charge is -2.22. The number of hydrogen-bond donors (Lipinski definition) is 1. The molecular formula is C17H17BrN2O5S. The summed E-state index contributed by atoms with van der Waals surface area (Å²) in [6.45, 7) is 0.131. The van der Waals surface area contributed by atoms with Crippen LogP contribution < -0.4 is 19.1 Å². The highest BCUT2D eigenvalue weighted by Crippen LogP contribution is 2.32. The zero-order chi connectivity index (χ0) is 18.7. The van der Waals surface area contributed by atoms with E-state index in [1.54, 1.807) is 36.4 Å². The first-order valence-corrected chi connectivity index (χ1v) is 10.4. The predicted molar refractivity (Wildman–Crippen MR) is 101 cm³/mol. The van der Waals surface area contributed by atoms with Crippen LogP contribution >= 0.6 is 15.9 Å². The molecule has 0 saturated carbocycles. The molecule has 1 aliphatic heterocycles. The van der Waals surface area contributed by atoms with Crippen LogP contribution in [-0.4, -0.2) is 33.9 Å². The Morgan fingerprint density at radius 1 is 1.19 bits per heavy atom. The van der Waals surface area contributed by atoms with Gasteiger partial charge in [-0.2, -0.15) is 0 Å². The first-order valence-electron chi connectivity index (χ1n) is 7.71. The van der Waals surface area contributed by atoms with Gasteiger partial charge in [0, 0.05) is 11.0 Å². The molecule has 9 heteroatoms. The van der Waals surface area contributed by atoms with Crippen molar-refractivity contribution in [2.75, 3.05) is 23.9 Å². The van der Waals surface area contributed by atoms with Gasteiger partial charge in [0.05, 0.1) is 11.9 Å². The van der Waals surface area contributed by atoms with Crippen molar-refractivity contribution < 1.29 is 22.7 Å². The van der Waals surface area contributed by atoms with Crippen molar-refractivity contribution in [3.8, 4) is 11.5 Å². The summed E-state index contributed by atoms with van der Waals surface area (Å²) in [4.78, 5) is 12.3. The maximum absolute atomic E-state index is 12.3. The second kappa shape index (κ2) is 7.55. The van der Waals surface area contributed by atoms with E-state index >= 15 is 0 Å². The zero-order valence-electron chi connectivity index (χ0n) is 13.9. The summed E-state index contributed by atoms with van der Waals surface area (Å²) in [6, 6.07) is 12.1. The number of rotatable bonds is 6. The van der Waals surface area contributed by atoms with E-state index in [0.29, 0.717) is 17.2 Å². The summed E-state index contributed by atoms with van der Waals surface area (Å²) in [5.74, 6) is 0.884. The van der Waals surface area contributed by atoms with E-state index in [-0.39, 0.29) is 19.9 Å². The summed E-state index contributed by atoms with van der Waals surface area (Å²) in [5, 5.41) is 2.72. The Bertz CT molecular complexity index is 933. The lowest BCUT2D eigenvalue weighted by Crippen LogP contribution is -2.40. The third kappa shape index (κ3) is 4.47. The van der Waals surface area contributed by atoms with Crippen molar-refractivity contribution >= 4 is 37.5 Å². The average Bonchev–Trinajstić information content (AvgIpc) is 3.04. The van der Waals surface area contributed by atoms with Crippen molar-refractivity contribution in [1.29, 1.82) is 0 Å². The van der Waals surface area contributed by atoms with Gasteiger partial charge in [0.1, 0.15) is 6.54 Å². The van der Waals surface area contributed by atoms with Crippen LogP contribution in [0.25, 0.3) is 0 Å². The number of ether oxygens (including phenoxy) is 2. The number of anilines is 1. The minimum Gasteiger partial charge on any atom is -0.454 e. The van der Waals surface area contributed by atoms with Crippen LogP contribution in [0.4, 0.5) is 5.69 Å². The number of benzene rings is 2. The van der Waals surface area contributed by atoms with E-state index in [2.05, 4.69) is 21.2 Å². The smallest absolute Gasteiger partial charge is 0.241 e. The summed E-state index contributed by atoms with van der Waals surface area (Å²) in [6.07, 6.45) is 1.07. The number of fused-ring (bicyclic) bond motifs is 1. The van der Waals surface area contributed by atoms with Crippen LogP contribution in [0.15, 0.2) is 46.9 Å². The molecule has 1 aliphatic rings. The molecule has 26 heavy (non-hydrogen) atoms. The highest BCUT2D eigenvalue weighted by molar-refractivity contribution is 9.10. The zero-order valence-corrected chi connectivity index (χ0v) is 16.3. The quantitative estimate of drug-likeness (QED) is 0.744. The average molecular weight is 441 g/mol. The van der Waals surface area contributed by atoms with E-state index in [4.69, 9.17) is 9.47 Å². The van der Waals surface area contributed by atoms with Gasteiger partial charge in [0.2, 0.25) is 22.7 Å². The Labute approximate surface area is 160 Å². The van der Waals surface area contributed by atoms with Gasteiger partial charge in [-0.3, -0.25) is 9.10 Å². The Morgan fingerprint density at radius 2 is 1.96 bits per heavy atom. The van der Waals surface area contributed by atoms with Gasteiger partial charge >= 0.3 is 0 Å². The maximum atomic E-state index is 12.3. The number of carbonyl (C=O) groups is 1. The van der Waals surface area contributed by atoms with Crippen molar-refractivity contribution in [1.82, 2.24) is 5.32 Å². The predicted octanol–water partition coefficient (Wildman–Crippen LogP) is 2.26. The van der Waals surface area contributed by atoms with E-state index in [0.717, 1.165) is 20.6 Å². The van der Waals surface area contributed by atoms with Gasteiger partial charge in [0.25, 0.3) is 0 Å². The summed E-state index contributed by atoms with van der Waals surface area (Å²) in [7, 11) is -3.61. The molecule has 0 unspecified atom stereocenters. The number of hydrogen-bond acceptors (Lipinski definition) is 5. The van der Waals surface area contributed by atoms with Gasteiger partial charge in [0.15, 0.2) is 11.5 Å². The van der Waals surface area contributed by atoms with Gasteiger partial charge in [-0.25, -0.2) is 8.42 Å². The van der Waals surface area contributed by atoms with Crippen LogP contribution in [0.1, 0.15) is 5.56 Å². The van der Waals surface area contributed by atoms with Crippen LogP contribution in [0.2, 0.25) is 0 Å². The molecule has 0 aliphatic carbocycles. The Kier molecular flexibility index (Phi) is 5.38. The lowest BCUT2D eigenvalue weighted by atomic mass is 10.2. The molecular weight excluding hydrogens is 424 g/mol. The van der Waals surface area contributed by atoms with Gasteiger partial charge in [-0.05, 0) is 35.9 Å². The van der Waals surface area contributed by atoms with Crippen molar-refractivity contribution in [2.45, 2.75) is 6.54 Å². The summed E-state index contributed by atoms with van der Waals surface area (Å²) in [5.41, 5.74) is 1.25. The van der Waals surface area contributed by atoms with E-state index in [1.165, 1.54) is 0 Å². The fraction of sp³-hybridized carbons (Fsp3) is 0.235. The van der Waals surface area contributed by atoms with Gasteiger partial charge in [-0.1, -0.05) is 28.1 Å². The molecule has 1 N–H and O–H groups in total. The first kappa shape index (κ1) is 18.5. The van der Waals surface area contributed by atoms with Crippen molar-refractivity contribution in [3.63, 3.8) is 0 Å². The topological polar surface area (TPSA) is 84.9 Å². The normalized spacial score (nSPS) is 12.7. The first-order chi connectivity index (χ1) is 12.3. The van der Waals surface area contributed by atoms with Crippen molar-refractivity contribution in [2.24, 2.45) is 0 Å². The van der Waals surface area contributed by atoms with Crippen LogP contribution in [0.3, 0.4) is 0 Å². The molecule has 0 aromatic heterocycles. The molecule has 3 rings (SSSR count). The molecule has 0 spiro atoms. The highest BCUT2D eigenvalue weighted by Gasteiger charge is 2.21. The molecule has 0 bridgehead atoms. The Morgan fingerprint density at radius 3 is 2.69 bits per heavy atom. The second-order valence-electron chi connectivity index (χ2n) is 5.71. The molecule has 0 saturated heterocycles. The molecule has 0 fully saturated rings. The third-order valence-corrected chi connectivity index (χ3v) is 5.34. The van der Waals surface area contributed by atoms with E-state index in [1.807, 2.05) is 6.07 Å². The van der Waals surface area contributed by atoms with E-state index < -0.39 is 15.9 Å². The number of sulfonamides is 1. The second-order valence-corrected chi connectivity index (χ2v) is 8.54. The molecule has 1 amide bonds. The maximum Gasteiger partial charge on any atom is 0.241 e. The molecule has 7 nitrogen and oxygen atoms in total. The number of nitrogens with zero attached hydrogens (tertiary/aromatic N) is 1. The molecule has 2 aromatic carbocycles. The molecule has 138 valence electrons. The summed E-state index contributed by atoms with van der Waals surface area (Å²) >= 11 is 3.31. The van der Waals surface area contributed by atoms with Crippen LogP contribution in [0, 0.1) is 0 Å². The molecule has 0 radical (unpaired) electrons. The van der Waals surface area contributed by atoms with Crippen molar-refractivity contribution in [3.05, 3.63) is 52.5 Å².